The number of hydrogen-bond donors (Lipinski definition) is 1. The summed E-state index contributed by atoms with van der Waals surface area (Å²) in [6.45, 7) is 1.00. The molecule has 0 aliphatic rings. The Balaban J connectivity index is 1.97. The molecule has 2 aromatic rings. The molecule has 30 heavy (non-hydrogen) atoms. The number of esters is 1. The van der Waals surface area contributed by atoms with E-state index >= 15 is 0 Å². The van der Waals surface area contributed by atoms with Crippen LogP contribution in [-0.2, 0) is 14.3 Å². The molecule has 0 aliphatic carbocycles. The van der Waals surface area contributed by atoms with Crippen molar-refractivity contribution in [1.29, 1.82) is 5.26 Å². The summed E-state index contributed by atoms with van der Waals surface area (Å²) < 4.78 is 5.05. The molecular formula is C21H19Cl2N3O4. The van der Waals surface area contributed by atoms with Crippen molar-refractivity contribution in [2.24, 2.45) is 0 Å². The Morgan fingerprint density at radius 3 is 2.57 bits per heavy atom. The number of amides is 2. The van der Waals surface area contributed by atoms with Gasteiger partial charge >= 0.3 is 5.97 Å². The van der Waals surface area contributed by atoms with Gasteiger partial charge in [0.05, 0.1) is 23.1 Å². The monoisotopic (exact) mass is 447 g/mol. The third-order valence-electron chi connectivity index (χ3n) is 4.03. The Hall–Kier alpha value is -3.08. The molecule has 0 bridgehead atoms. The predicted molar refractivity (Wildman–Crippen MR) is 113 cm³/mol. The van der Waals surface area contributed by atoms with Crippen molar-refractivity contribution in [1.82, 2.24) is 5.32 Å². The van der Waals surface area contributed by atoms with Gasteiger partial charge in [-0.2, -0.15) is 5.26 Å². The highest BCUT2D eigenvalue weighted by Crippen LogP contribution is 2.20. The van der Waals surface area contributed by atoms with Crippen LogP contribution in [-0.4, -0.2) is 37.0 Å². The maximum atomic E-state index is 12.6. The third kappa shape index (κ3) is 6.48. The number of anilines is 1. The zero-order valence-electron chi connectivity index (χ0n) is 16.1. The molecule has 2 aromatic carbocycles. The fourth-order valence-electron chi connectivity index (χ4n) is 2.52. The first-order valence-corrected chi connectivity index (χ1v) is 9.74. The second kappa shape index (κ2) is 11.2. The van der Waals surface area contributed by atoms with Gasteiger partial charge < -0.3 is 15.0 Å². The molecule has 0 saturated heterocycles. The summed E-state index contributed by atoms with van der Waals surface area (Å²) in [6, 6.07) is 13.9. The van der Waals surface area contributed by atoms with Crippen molar-refractivity contribution < 1.29 is 19.1 Å². The van der Waals surface area contributed by atoms with Crippen LogP contribution in [0.3, 0.4) is 0 Å². The number of nitriles is 1. The number of hydrogen-bond acceptors (Lipinski definition) is 5. The van der Waals surface area contributed by atoms with E-state index in [4.69, 9.17) is 33.2 Å². The van der Waals surface area contributed by atoms with Crippen LogP contribution in [0.15, 0.2) is 48.5 Å². The van der Waals surface area contributed by atoms with Crippen molar-refractivity contribution >= 4 is 46.7 Å². The second-order valence-corrected chi connectivity index (χ2v) is 7.06. The molecule has 156 valence electrons. The summed E-state index contributed by atoms with van der Waals surface area (Å²) in [5.41, 5.74) is 0.706. The van der Waals surface area contributed by atoms with E-state index in [0.29, 0.717) is 10.7 Å². The minimum Gasteiger partial charge on any atom is -0.454 e. The fourth-order valence-corrected chi connectivity index (χ4v) is 2.92. The predicted octanol–water partition coefficient (Wildman–Crippen LogP) is 3.60. The Kier molecular flexibility index (Phi) is 8.66. The number of halogens is 2. The standard InChI is InChI=1S/C21H19Cl2N3O4/c1-14(25-20(28)17-8-2-3-9-18(17)23)21(29)30-13-19(27)26(11-5-10-24)16-7-4-6-15(22)12-16/h2-4,6-9,12,14H,5,11,13H2,1H3,(H,25,28). The first-order valence-electron chi connectivity index (χ1n) is 8.98. The molecule has 1 N–H and O–H groups in total. The molecule has 0 radical (unpaired) electrons. The SMILES string of the molecule is CC(NC(=O)c1ccccc1Cl)C(=O)OCC(=O)N(CCC#N)c1cccc(Cl)c1. The average Bonchev–Trinajstić information content (AvgIpc) is 2.72. The van der Waals surface area contributed by atoms with Gasteiger partial charge in [0.2, 0.25) is 0 Å². The first kappa shape index (κ1) is 23.2. The van der Waals surface area contributed by atoms with Crippen LogP contribution in [0.2, 0.25) is 10.0 Å². The van der Waals surface area contributed by atoms with E-state index in [1.807, 2.05) is 6.07 Å². The molecule has 9 heteroatoms. The van der Waals surface area contributed by atoms with Gasteiger partial charge in [-0.1, -0.05) is 41.4 Å². The van der Waals surface area contributed by atoms with Gasteiger partial charge in [0.25, 0.3) is 11.8 Å². The summed E-state index contributed by atoms with van der Waals surface area (Å²) in [6.07, 6.45) is 0.0937. The van der Waals surface area contributed by atoms with E-state index in [2.05, 4.69) is 5.32 Å². The normalized spacial score (nSPS) is 11.1. The maximum absolute atomic E-state index is 12.6. The Labute approximate surface area is 184 Å². The van der Waals surface area contributed by atoms with Crippen LogP contribution in [0.1, 0.15) is 23.7 Å². The van der Waals surface area contributed by atoms with Crippen molar-refractivity contribution in [2.45, 2.75) is 19.4 Å². The van der Waals surface area contributed by atoms with Crippen molar-refractivity contribution in [3.63, 3.8) is 0 Å². The van der Waals surface area contributed by atoms with Crippen LogP contribution < -0.4 is 10.2 Å². The number of ether oxygens (including phenoxy) is 1. The third-order valence-corrected chi connectivity index (χ3v) is 4.59. The van der Waals surface area contributed by atoms with Crippen molar-refractivity contribution in [2.75, 3.05) is 18.1 Å². The van der Waals surface area contributed by atoms with Gasteiger partial charge in [-0.15, -0.1) is 0 Å². The molecule has 0 fully saturated rings. The minimum absolute atomic E-state index is 0.0937. The van der Waals surface area contributed by atoms with Gasteiger partial charge in [-0.3, -0.25) is 9.59 Å². The molecule has 7 nitrogen and oxygen atoms in total. The van der Waals surface area contributed by atoms with Gasteiger partial charge in [-0.25, -0.2) is 4.79 Å². The van der Waals surface area contributed by atoms with E-state index in [-0.39, 0.29) is 23.6 Å². The van der Waals surface area contributed by atoms with Crippen molar-refractivity contribution in [3.05, 3.63) is 64.1 Å². The lowest BCUT2D eigenvalue weighted by Gasteiger charge is -2.22. The Morgan fingerprint density at radius 2 is 1.90 bits per heavy atom. The highest BCUT2D eigenvalue weighted by atomic mass is 35.5. The maximum Gasteiger partial charge on any atom is 0.328 e. The summed E-state index contributed by atoms with van der Waals surface area (Å²) in [5.74, 6) is -1.84. The molecule has 0 saturated carbocycles. The van der Waals surface area contributed by atoms with Gasteiger partial charge in [-0.05, 0) is 37.3 Å². The molecule has 0 aromatic heterocycles. The van der Waals surface area contributed by atoms with Crippen LogP contribution in [0.4, 0.5) is 5.69 Å². The van der Waals surface area contributed by atoms with Crippen LogP contribution in [0, 0.1) is 11.3 Å². The lowest BCUT2D eigenvalue weighted by atomic mass is 10.2. The first-order chi connectivity index (χ1) is 14.3. The Morgan fingerprint density at radius 1 is 1.17 bits per heavy atom. The Bertz CT molecular complexity index is 975. The summed E-state index contributed by atoms with van der Waals surface area (Å²) in [5, 5.41) is 12.0. The van der Waals surface area contributed by atoms with E-state index in [1.54, 1.807) is 42.5 Å². The molecule has 2 amide bonds. The highest BCUT2D eigenvalue weighted by molar-refractivity contribution is 6.33. The molecule has 1 atom stereocenters. The molecule has 2 rings (SSSR count). The van der Waals surface area contributed by atoms with Crippen LogP contribution >= 0.6 is 23.2 Å². The lowest BCUT2D eigenvalue weighted by Crippen LogP contribution is -2.42. The van der Waals surface area contributed by atoms with Gasteiger partial charge in [0, 0.05) is 17.3 Å². The smallest absolute Gasteiger partial charge is 0.328 e. The average molecular weight is 448 g/mol. The lowest BCUT2D eigenvalue weighted by molar-refractivity contribution is -0.149. The number of nitrogens with zero attached hydrogens (tertiary/aromatic N) is 2. The molecule has 0 heterocycles. The molecular weight excluding hydrogens is 429 g/mol. The van der Waals surface area contributed by atoms with Crippen LogP contribution in [0.25, 0.3) is 0 Å². The number of carbonyl (C=O) groups excluding carboxylic acids is 3. The highest BCUT2D eigenvalue weighted by Gasteiger charge is 2.22. The zero-order chi connectivity index (χ0) is 22.1. The molecule has 0 spiro atoms. The van der Waals surface area contributed by atoms with Gasteiger partial charge in [0.15, 0.2) is 6.61 Å². The number of carbonyl (C=O) groups is 3. The summed E-state index contributed by atoms with van der Waals surface area (Å²) >= 11 is 11.9. The van der Waals surface area contributed by atoms with E-state index in [0.717, 1.165) is 0 Å². The minimum atomic E-state index is -1.000. The molecule has 0 aliphatic heterocycles. The van der Waals surface area contributed by atoms with Gasteiger partial charge in [0.1, 0.15) is 6.04 Å². The zero-order valence-corrected chi connectivity index (χ0v) is 17.6. The van der Waals surface area contributed by atoms with E-state index in [1.165, 1.54) is 17.9 Å². The number of rotatable bonds is 8. The van der Waals surface area contributed by atoms with Crippen LogP contribution in [0.5, 0.6) is 0 Å². The fraction of sp³-hybridized carbons (Fsp3) is 0.238. The second-order valence-electron chi connectivity index (χ2n) is 6.22. The van der Waals surface area contributed by atoms with E-state index in [9.17, 15) is 14.4 Å². The van der Waals surface area contributed by atoms with E-state index < -0.39 is 30.4 Å². The number of nitrogens with one attached hydrogen (secondary N) is 1. The quantitative estimate of drug-likeness (QED) is 0.623. The van der Waals surface area contributed by atoms with Crippen molar-refractivity contribution in [3.8, 4) is 6.07 Å². The molecule has 1 unspecified atom stereocenters. The number of benzene rings is 2. The largest absolute Gasteiger partial charge is 0.454 e. The summed E-state index contributed by atoms with van der Waals surface area (Å²) in [4.78, 5) is 38.3. The summed E-state index contributed by atoms with van der Waals surface area (Å²) in [7, 11) is 0. The topological polar surface area (TPSA) is 99.5 Å².